The zero-order chi connectivity index (χ0) is 32.9. The van der Waals surface area contributed by atoms with Gasteiger partial charge in [0.15, 0.2) is 0 Å². The van der Waals surface area contributed by atoms with Gasteiger partial charge in [0, 0.05) is 32.6 Å². The monoisotopic (exact) mass is 654 g/mol. The van der Waals surface area contributed by atoms with Gasteiger partial charge in [-0.3, -0.25) is 10.1 Å². The van der Waals surface area contributed by atoms with E-state index in [0.29, 0.717) is 151 Å². The van der Waals surface area contributed by atoms with Crippen LogP contribution in [0.5, 0.6) is 0 Å². The molecule has 1 unspecified atom stereocenters. The van der Waals surface area contributed by atoms with Gasteiger partial charge in [-0.05, 0) is 38.8 Å². The number of aliphatic hydroxyl groups is 1. The molecule has 1 amide bonds. The van der Waals surface area contributed by atoms with Crippen LogP contribution in [0.25, 0.3) is 0 Å². The average molecular weight is 655 g/mol. The number of carbonyl (C=O) groups excluding carboxylic acids is 2. The third-order valence-corrected chi connectivity index (χ3v) is 6.06. The predicted octanol–water partition coefficient (Wildman–Crippen LogP) is -0.641. The molecule has 7 N–H and O–H groups in total. The molecule has 0 fully saturated rings. The molecule has 2 atom stereocenters. The molecule has 0 aliphatic carbocycles. The highest BCUT2D eigenvalue weighted by Gasteiger charge is 2.11. The van der Waals surface area contributed by atoms with E-state index in [1.54, 1.807) is 0 Å². The number of rotatable bonds is 38. The van der Waals surface area contributed by atoms with Gasteiger partial charge in [-0.1, -0.05) is 6.42 Å². The van der Waals surface area contributed by atoms with Gasteiger partial charge in [0.1, 0.15) is 12.5 Å². The molecule has 0 spiro atoms. The first-order valence-electron chi connectivity index (χ1n) is 16.3. The van der Waals surface area contributed by atoms with Crippen molar-refractivity contribution in [3.63, 3.8) is 0 Å². The maximum absolute atomic E-state index is 11.8. The molecule has 0 rings (SSSR count). The first-order valence-corrected chi connectivity index (χ1v) is 16.3. The number of aliphatic hydroxyl groups excluding tert-OH is 1. The third kappa shape index (κ3) is 35.4. The topological polar surface area (TPSA) is 204 Å². The number of nitrogens with one attached hydrogen (secondary N) is 2. The number of hydrogen-bond acceptors (Lipinski definition) is 14. The quantitative estimate of drug-likeness (QED) is 0.0319. The summed E-state index contributed by atoms with van der Waals surface area (Å²) in [6.45, 7) is 9.50. The molecule has 0 aromatic heterocycles. The molecule has 0 aliphatic rings. The van der Waals surface area contributed by atoms with Gasteiger partial charge in [0.2, 0.25) is 5.91 Å². The summed E-state index contributed by atoms with van der Waals surface area (Å²) in [7, 11) is 0. The van der Waals surface area contributed by atoms with E-state index in [9.17, 15) is 14.7 Å². The fourth-order valence-electron chi connectivity index (χ4n) is 3.55. The molecule has 15 nitrogen and oxygen atoms in total. The summed E-state index contributed by atoms with van der Waals surface area (Å²) in [4.78, 5) is 22.0. The molecule has 0 aromatic carbocycles. The van der Waals surface area contributed by atoms with E-state index in [0.717, 1.165) is 25.5 Å². The molecule has 0 aromatic rings. The normalized spacial score (nSPS) is 12.8. The summed E-state index contributed by atoms with van der Waals surface area (Å²) in [6, 6.07) is -0.478. The number of aldehydes is 1. The van der Waals surface area contributed by atoms with Crippen LogP contribution in [0.15, 0.2) is 0 Å². The zero-order valence-electron chi connectivity index (χ0n) is 27.3. The van der Waals surface area contributed by atoms with Crippen molar-refractivity contribution in [1.29, 1.82) is 0 Å². The zero-order valence-corrected chi connectivity index (χ0v) is 27.3. The third-order valence-electron chi connectivity index (χ3n) is 6.06. The Labute approximate surface area is 269 Å². The molecular formula is C30H62N4O11. The lowest BCUT2D eigenvalue weighted by molar-refractivity contribution is -0.122. The van der Waals surface area contributed by atoms with Crippen LogP contribution in [0.2, 0.25) is 0 Å². The number of amides is 1. The van der Waals surface area contributed by atoms with Crippen LogP contribution >= 0.6 is 0 Å². The predicted molar refractivity (Wildman–Crippen MR) is 169 cm³/mol. The van der Waals surface area contributed by atoms with Crippen molar-refractivity contribution in [1.82, 2.24) is 10.6 Å². The van der Waals surface area contributed by atoms with E-state index in [-0.39, 0.29) is 5.91 Å². The number of carbonyl (C=O) groups is 2. The Kier molecular flexibility index (Phi) is 36.0. The van der Waals surface area contributed by atoms with Gasteiger partial charge in [-0.2, -0.15) is 0 Å². The summed E-state index contributed by atoms with van der Waals surface area (Å²) < 4.78 is 43.4. The number of ether oxygens (including phenoxy) is 8. The molecule has 0 heterocycles. The minimum atomic E-state index is -0.631. The maximum Gasteiger partial charge on any atom is 0.236 e. The highest BCUT2D eigenvalue weighted by molar-refractivity contribution is 5.81. The van der Waals surface area contributed by atoms with Crippen LogP contribution in [-0.4, -0.2) is 155 Å². The van der Waals surface area contributed by atoms with Crippen LogP contribution in [0, 0.1) is 0 Å². The Bertz CT molecular complexity index is 626. The van der Waals surface area contributed by atoms with Gasteiger partial charge in [-0.25, -0.2) is 0 Å². The number of hydrogen-bond donors (Lipinski definition) is 5. The lowest BCUT2D eigenvalue weighted by Crippen LogP contribution is -2.41. The van der Waals surface area contributed by atoms with Crippen LogP contribution in [0.1, 0.15) is 44.9 Å². The van der Waals surface area contributed by atoms with E-state index in [2.05, 4.69) is 10.6 Å². The first-order chi connectivity index (χ1) is 22.1. The standard InChI is InChI=1S/C30H62N4O11/c31-8-2-1-6-28(32)30(37)34-10-4-13-39-17-21-42-20-16-38-12-3-9-33-29(36)7-15-41-19-23-44-25-27-45-26-24-43-22-18-40-14-5-11-35/h11,28-29,33,36H,1-10,12-27,31-32H2,(H,34,37)/t28-,29?/m0/s1. The lowest BCUT2D eigenvalue weighted by atomic mass is 10.1. The maximum atomic E-state index is 11.8. The van der Waals surface area contributed by atoms with Gasteiger partial charge in [-0.15, -0.1) is 0 Å². The van der Waals surface area contributed by atoms with Gasteiger partial charge >= 0.3 is 0 Å². The van der Waals surface area contributed by atoms with Crippen molar-refractivity contribution in [2.24, 2.45) is 11.5 Å². The molecule has 45 heavy (non-hydrogen) atoms. The van der Waals surface area contributed by atoms with Crippen molar-refractivity contribution in [3.8, 4) is 0 Å². The molecule has 0 aliphatic heterocycles. The van der Waals surface area contributed by atoms with Crippen LogP contribution in [-0.2, 0) is 47.5 Å². The summed E-state index contributed by atoms with van der Waals surface area (Å²) in [5, 5.41) is 15.8. The number of nitrogens with two attached hydrogens (primary N) is 2. The van der Waals surface area contributed by atoms with Crippen molar-refractivity contribution in [2.75, 3.05) is 125 Å². The molecule has 0 saturated carbocycles. The Morgan fingerprint density at radius 3 is 1.53 bits per heavy atom. The summed E-state index contributed by atoms with van der Waals surface area (Å²) in [5.41, 5.74) is 11.3. The second-order valence-electron chi connectivity index (χ2n) is 10.0. The second-order valence-corrected chi connectivity index (χ2v) is 10.0. The number of unbranched alkanes of at least 4 members (excludes halogenated alkanes) is 1. The fourth-order valence-corrected chi connectivity index (χ4v) is 3.55. The van der Waals surface area contributed by atoms with E-state index in [4.69, 9.17) is 49.4 Å². The Hall–Kier alpha value is -1.34. The van der Waals surface area contributed by atoms with Gasteiger partial charge in [0.25, 0.3) is 0 Å². The van der Waals surface area contributed by atoms with Crippen molar-refractivity contribution in [2.45, 2.75) is 57.2 Å². The smallest absolute Gasteiger partial charge is 0.236 e. The fraction of sp³-hybridized carbons (Fsp3) is 0.933. The molecule has 0 bridgehead atoms. The largest absolute Gasteiger partial charge is 0.379 e. The van der Waals surface area contributed by atoms with Gasteiger partial charge in [0.05, 0.1) is 98.5 Å². The van der Waals surface area contributed by atoms with Crippen molar-refractivity contribution >= 4 is 12.2 Å². The van der Waals surface area contributed by atoms with E-state index in [1.165, 1.54) is 0 Å². The molecule has 15 heteroatoms. The van der Waals surface area contributed by atoms with Crippen LogP contribution < -0.4 is 22.1 Å². The average Bonchev–Trinajstić information content (AvgIpc) is 3.04. The van der Waals surface area contributed by atoms with E-state index < -0.39 is 12.3 Å². The minimum absolute atomic E-state index is 0.129. The molecule has 0 saturated heterocycles. The SMILES string of the molecule is NCCCC[C@H](N)C(=O)NCCCOCCOCCOCCCNC(O)CCOCCOCCOCCOCCOCCC=O. The second kappa shape index (κ2) is 37.1. The summed E-state index contributed by atoms with van der Waals surface area (Å²) >= 11 is 0. The van der Waals surface area contributed by atoms with Crippen molar-refractivity contribution in [3.05, 3.63) is 0 Å². The van der Waals surface area contributed by atoms with E-state index in [1.807, 2.05) is 0 Å². The Morgan fingerprint density at radius 2 is 1.04 bits per heavy atom. The Balaban J connectivity index is 3.23. The lowest BCUT2D eigenvalue weighted by Gasteiger charge is -2.13. The summed E-state index contributed by atoms with van der Waals surface area (Å²) in [5.74, 6) is -0.129. The highest BCUT2D eigenvalue weighted by atomic mass is 16.6. The highest BCUT2D eigenvalue weighted by Crippen LogP contribution is 1.98. The van der Waals surface area contributed by atoms with E-state index >= 15 is 0 Å². The molecule has 0 radical (unpaired) electrons. The van der Waals surface area contributed by atoms with Crippen LogP contribution in [0.4, 0.5) is 0 Å². The van der Waals surface area contributed by atoms with Gasteiger partial charge < -0.3 is 64.6 Å². The molecule has 268 valence electrons. The first kappa shape index (κ1) is 43.7. The van der Waals surface area contributed by atoms with Crippen LogP contribution in [0.3, 0.4) is 0 Å². The van der Waals surface area contributed by atoms with Crippen molar-refractivity contribution < 1.29 is 52.6 Å². The molecular weight excluding hydrogens is 592 g/mol. The Morgan fingerprint density at radius 1 is 0.600 bits per heavy atom. The summed E-state index contributed by atoms with van der Waals surface area (Å²) in [6.07, 6.45) is 4.96. The minimum Gasteiger partial charge on any atom is -0.379 e.